The smallest absolute Gasteiger partial charge is 0.272 e. The fraction of sp³-hybridized carbons (Fsp3) is 0.273. The topological polar surface area (TPSA) is 84.3 Å². The van der Waals surface area contributed by atoms with Crippen LogP contribution in [0.25, 0.3) is 5.69 Å². The molecule has 1 aliphatic carbocycles. The van der Waals surface area contributed by atoms with E-state index in [9.17, 15) is 17.6 Å². The van der Waals surface area contributed by atoms with Gasteiger partial charge in [-0.2, -0.15) is 5.10 Å². The summed E-state index contributed by atoms with van der Waals surface area (Å²) >= 11 is 0. The second-order valence-corrected chi connectivity index (χ2v) is 9.78. The van der Waals surface area contributed by atoms with Gasteiger partial charge in [-0.1, -0.05) is 12.1 Å². The largest absolute Gasteiger partial charge is 0.347 e. The Morgan fingerprint density at radius 3 is 2.42 bits per heavy atom. The summed E-state index contributed by atoms with van der Waals surface area (Å²) in [6.45, 7) is 0.249. The average Bonchev–Trinajstić information content (AvgIpc) is 3.36. The van der Waals surface area contributed by atoms with E-state index in [1.807, 2.05) is 0 Å². The summed E-state index contributed by atoms with van der Waals surface area (Å²) in [6, 6.07) is 12.4. The number of fused-ring (bicyclic) bond motifs is 1. The van der Waals surface area contributed by atoms with Crippen LogP contribution in [-0.2, 0) is 29.4 Å². The van der Waals surface area contributed by atoms with Crippen molar-refractivity contribution in [3.8, 4) is 5.69 Å². The number of benzene rings is 2. The van der Waals surface area contributed by atoms with Crippen LogP contribution in [0.15, 0.2) is 53.4 Å². The highest BCUT2D eigenvalue weighted by molar-refractivity contribution is 7.89. The molecule has 1 aliphatic rings. The molecule has 0 radical (unpaired) electrons. The van der Waals surface area contributed by atoms with Gasteiger partial charge in [0.25, 0.3) is 5.91 Å². The summed E-state index contributed by atoms with van der Waals surface area (Å²) in [5, 5.41) is 7.37. The van der Waals surface area contributed by atoms with Crippen LogP contribution in [0.4, 0.5) is 4.39 Å². The molecule has 9 heteroatoms. The summed E-state index contributed by atoms with van der Waals surface area (Å²) in [6.07, 6.45) is 2.53. The van der Waals surface area contributed by atoms with Gasteiger partial charge in [0, 0.05) is 31.9 Å². The fourth-order valence-corrected chi connectivity index (χ4v) is 4.57. The fourth-order valence-electron chi connectivity index (χ4n) is 3.67. The van der Waals surface area contributed by atoms with Gasteiger partial charge in [0.15, 0.2) is 5.69 Å². The van der Waals surface area contributed by atoms with Gasteiger partial charge in [0.05, 0.1) is 10.6 Å². The third kappa shape index (κ3) is 4.11. The molecule has 162 valence electrons. The molecular weight excluding hydrogens is 419 g/mol. The Morgan fingerprint density at radius 2 is 1.77 bits per heavy atom. The minimum Gasteiger partial charge on any atom is -0.347 e. The van der Waals surface area contributed by atoms with Gasteiger partial charge in [0.1, 0.15) is 5.82 Å². The summed E-state index contributed by atoms with van der Waals surface area (Å²) in [5.41, 5.74) is 3.78. The Labute approximate surface area is 180 Å². The molecular formula is C22H23FN4O3S. The Bertz CT molecular complexity index is 1220. The standard InChI is InChI=1S/C22H23FN4O3S/c1-26(2)31(29,30)18-12-6-15(7-13-18)14-24-22(28)21-19-4-3-5-20(19)27(25-21)17-10-8-16(23)9-11-17/h6-13H,3-5,14H2,1-2H3,(H,24,28). The molecule has 1 N–H and O–H groups in total. The van der Waals surface area contributed by atoms with Crippen molar-refractivity contribution in [1.82, 2.24) is 19.4 Å². The molecule has 0 atom stereocenters. The Hall–Kier alpha value is -3.04. The van der Waals surface area contributed by atoms with Gasteiger partial charge in [-0.3, -0.25) is 4.79 Å². The van der Waals surface area contributed by atoms with E-state index in [2.05, 4.69) is 10.4 Å². The van der Waals surface area contributed by atoms with Crippen molar-refractivity contribution in [3.63, 3.8) is 0 Å². The highest BCUT2D eigenvalue weighted by atomic mass is 32.2. The maximum Gasteiger partial charge on any atom is 0.272 e. The third-order valence-corrected chi connectivity index (χ3v) is 7.20. The molecule has 31 heavy (non-hydrogen) atoms. The molecule has 2 aromatic carbocycles. The lowest BCUT2D eigenvalue weighted by molar-refractivity contribution is 0.0944. The van der Waals surface area contributed by atoms with E-state index in [-0.39, 0.29) is 23.2 Å². The molecule has 1 aromatic heterocycles. The Balaban J connectivity index is 1.51. The summed E-state index contributed by atoms with van der Waals surface area (Å²) in [4.78, 5) is 13.0. The zero-order chi connectivity index (χ0) is 22.2. The lowest BCUT2D eigenvalue weighted by atomic mass is 10.2. The number of sulfonamides is 1. The number of halogens is 1. The zero-order valence-electron chi connectivity index (χ0n) is 17.3. The first-order chi connectivity index (χ1) is 14.8. The molecule has 0 unspecified atom stereocenters. The Kier molecular flexibility index (Phi) is 5.63. The lowest BCUT2D eigenvalue weighted by Gasteiger charge is -2.11. The second kappa shape index (κ2) is 8.24. The van der Waals surface area contributed by atoms with E-state index in [4.69, 9.17) is 0 Å². The highest BCUT2D eigenvalue weighted by Crippen LogP contribution is 2.28. The normalized spacial score (nSPS) is 13.4. The summed E-state index contributed by atoms with van der Waals surface area (Å²) in [7, 11) is -0.533. The molecule has 0 saturated heterocycles. The van der Waals surface area contributed by atoms with Crippen LogP contribution in [0.2, 0.25) is 0 Å². The van der Waals surface area contributed by atoms with Crippen molar-refractivity contribution in [2.45, 2.75) is 30.7 Å². The minimum absolute atomic E-state index is 0.198. The number of hydrogen-bond acceptors (Lipinski definition) is 4. The molecule has 0 spiro atoms. The third-order valence-electron chi connectivity index (χ3n) is 5.37. The van der Waals surface area contributed by atoms with E-state index in [1.165, 1.54) is 38.4 Å². The van der Waals surface area contributed by atoms with Crippen molar-refractivity contribution in [2.75, 3.05) is 14.1 Å². The van der Waals surface area contributed by atoms with Crippen molar-refractivity contribution in [1.29, 1.82) is 0 Å². The number of amides is 1. The van der Waals surface area contributed by atoms with Crippen molar-refractivity contribution in [2.24, 2.45) is 0 Å². The number of aromatic nitrogens is 2. The SMILES string of the molecule is CN(C)S(=O)(=O)c1ccc(CNC(=O)c2nn(-c3ccc(F)cc3)c3c2CCC3)cc1. The summed E-state index contributed by atoms with van der Waals surface area (Å²) in [5.74, 6) is -0.612. The van der Waals surface area contributed by atoms with E-state index in [0.29, 0.717) is 5.69 Å². The first-order valence-corrected chi connectivity index (χ1v) is 11.4. The molecule has 0 aliphatic heterocycles. The number of nitrogens with one attached hydrogen (secondary N) is 1. The van der Waals surface area contributed by atoms with Crippen LogP contribution in [0.1, 0.15) is 33.7 Å². The average molecular weight is 443 g/mol. The first kappa shape index (κ1) is 21.2. The van der Waals surface area contributed by atoms with Crippen molar-refractivity contribution >= 4 is 15.9 Å². The van der Waals surface area contributed by atoms with Crippen molar-refractivity contribution < 1.29 is 17.6 Å². The van der Waals surface area contributed by atoms with Crippen LogP contribution >= 0.6 is 0 Å². The number of rotatable bonds is 6. The van der Waals surface area contributed by atoms with E-state index in [1.54, 1.807) is 28.9 Å². The van der Waals surface area contributed by atoms with Crippen LogP contribution in [0.3, 0.4) is 0 Å². The molecule has 1 heterocycles. The van der Waals surface area contributed by atoms with E-state index >= 15 is 0 Å². The highest BCUT2D eigenvalue weighted by Gasteiger charge is 2.27. The zero-order valence-corrected chi connectivity index (χ0v) is 18.1. The van der Waals surface area contributed by atoms with Gasteiger partial charge in [-0.25, -0.2) is 21.8 Å². The van der Waals surface area contributed by atoms with Crippen LogP contribution in [0, 0.1) is 5.82 Å². The van der Waals surface area contributed by atoms with Gasteiger partial charge < -0.3 is 5.32 Å². The van der Waals surface area contributed by atoms with Crippen LogP contribution in [0.5, 0.6) is 0 Å². The monoisotopic (exact) mass is 442 g/mol. The second-order valence-electron chi connectivity index (χ2n) is 7.63. The van der Waals surface area contributed by atoms with Gasteiger partial charge in [0.2, 0.25) is 10.0 Å². The van der Waals surface area contributed by atoms with Crippen molar-refractivity contribution in [3.05, 3.63) is 76.9 Å². The van der Waals surface area contributed by atoms with Gasteiger partial charge in [-0.15, -0.1) is 0 Å². The molecule has 0 fully saturated rings. The first-order valence-electron chi connectivity index (χ1n) is 9.94. The molecule has 3 aromatic rings. The number of carbonyl (C=O) groups is 1. The van der Waals surface area contributed by atoms with Crippen LogP contribution in [-0.4, -0.2) is 42.5 Å². The van der Waals surface area contributed by atoms with E-state index in [0.717, 1.165) is 46.1 Å². The number of hydrogen-bond donors (Lipinski definition) is 1. The lowest BCUT2D eigenvalue weighted by Crippen LogP contribution is -2.25. The maximum atomic E-state index is 13.3. The quantitative estimate of drug-likeness (QED) is 0.636. The van der Waals surface area contributed by atoms with Gasteiger partial charge >= 0.3 is 0 Å². The van der Waals surface area contributed by atoms with Crippen LogP contribution < -0.4 is 5.32 Å². The molecule has 4 rings (SSSR count). The predicted molar refractivity (Wildman–Crippen MR) is 114 cm³/mol. The number of nitrogens with zero attached hydrogens (tertiary/aromatic N) is 3. The van der Waals surface area contributed by atoms with Gasteiger partial charge in [-0.05, 0) is 61.2 Å². The predicted octanol–water partition coefficient (Wildman–Crippen LogP) is 2.68. The minimum atomic E-state index is -3.49. The molecule has 1 amide bonds. The molecule has 7 nitrogen and oxygen atoms in total. The molecule has 0 saturated carbocycles. The Morgan fingerprint density at radius 1 is 1.10 bits per heavy atom. The maximum absolute atomic E-state index is 13.3. The van der Waals surface area contributed by atoms with E-state index < -0.39 is 10.0 Å². The number of carbonyl (C=O) groups excluding carboxylic acids is 1. The molecule has 0 bridgehead atoms. The summed E-state index contributed by atoms with van der Waals surface area (Å²) < 4.78 is 40.5.